The predicted molar refractivity (Wildman–Crippen MR) is 85.2 cm³/mol. The minimum absolute atomic E-state index is 0.114. The van der Waals surface area contributed by atoms with Crippen LogP contribution in [0.1, 0.15) is 10.4 Å². The summed E-state index contributed by atoms with van der Waals surface area (Å²) in [4.78, 5) is 22.4. The molecule has 0 aromatic heterocycles. The van der Waals surface area contributed by atoms with Crippen molar-refractivity contribution >= 4 is 51.5 Å². The second-order valence-corrected chi connectivity index (χ2v) is 5.56. The van der Waals surface area contributed by atoms with Crippen molar-refractivity contribution in [1.29, 1.82) is 0 Å². The van der Waals surface area contributed by atoms with Crippen molar-refractivity contribution in [3.63, 3.8) is 0 Å². The van der Waals surface area contributed by atoms with Gasteiger partial charge in [-0.15, -0.1) is 0 Å². The monoisotopic (exact) mass is 402 g/mol. The number of nitrogens with one attached hydrogen (secondary N) is 1. The number of nitrogens with zero attached hydrogens (tertiary/aromatic N) is 1. The predicted octanol–water partition coefficient (Wildman–Crippen LogP) is 4.11. The first-order chi connectivity index (χ1) is 9.47. The lowest BCUT2D eigenvalue weighted by atomic mass is 10.2. The fourth-order valence-electron chi connectivity index (χ4n) is 1.56. The summed E-state index contributed by atoms with van der Waals surface area (Å²) in [6.45, 7) is 0. The van der Waals surface area contributed by atoms with Gasteiger partial charge in [-0.05, 0) is 59.0 Å². The Balaban J connectivity index is 2.28. The molecule has 20 heavy (non-hydrogen) atoms. The molecule has 0 saturated carbocycles. The van der Waals surface area contributed by atoms with E-state index >= 15 is 0 Å². The molecule has 1 N–H and O–H groups in total. The highest BCUT2D eigenvalue weighted by atomic mass is 127. The largest absolute Gasteiger partial charge is 0.316 e. The van der Waals surface area contributed by atoms with Crippen LogP contribution in [-0.2, 0) is 0 Å². The van der Waals surface area contributed by atoms with Crippen molar-refractivity contribution in [1.82, 2.24) is 0 Å². The van der Waals surface area contributed by atoms with Crippen molar-refractivity contribution in [2.24, 2.45) is 0 Å². The second-order valence-electron chi connectivity index (χ2n) is 3.88. The number of amides is 1. The fourth-order valence-corrected chi connectivity index (χ4v) is 2.08. The number of hydrogen-bond acceptors (Lipinski definition) is 3. The van der Waals surface area contributed by atoms with Crippen LogP contribution >= 0.6 is 34.2 Å². The molecule has 0 saturated heterocycles. The van der Waals surface area contributed by atoms with Gasteiger partial charge in [0.2, 0.25) is 0 Å². The van der Waals surface area contributed by atoms with Crippen LogP contribution in [0.4, 0.5) is 11.4 Å². The standard InChI is InChI=1S/C13H8ClIN2O3/c14-9-3-6-11(12(7-9)17(19)20)16-13(18)8-1-4-10(15)5-2-8/h1-7H,(H,16,18). The molecule has 7 heteroatoms. The Bertz CT molecular complexity index is 674. The molecule has 0 heterocycles. The van der Waals surface area contributed by atoms with E-state index in [9.17, 15) is 14.9 Å². The lowest BCUT2D eigenvalue weighted by Crippen LogP contribution is -2.13. The van der Waals surface area contributed by atoms with Crippen LogP contribution in [0.5, 0.6) is 0 Å². The second kappa shape index (κ2) is 6.19. The SMILES string of the molecule is O=C(Nc1ccc(Cl)cc1[N+](=O)[O-])c1ccc(I)cc1. The third-order valence-corrected chi connectivity index (χ3v) is 3.47. The van der Waals surface area contributed by atoms with E-state index in [0.717, 1.165) is 3.57 Å². The third kappa shape index (κ3) is 3.45. The zero-order chi connectivity index (χ0) is 14.7. The molecule has 0 bridgehead atoms. The number of halogens is 2. The van der Waals surface area contributed by atoms with Gasteiger partial charge in [0, 0.05) is 20.2 Å². The van der Waals surface area contributed by atoms with Gasteiger partial charge in [0.1, 0.15) is 5.69 Å². The molecule has 0 radical (unpaired) electrons. The van der Waals surface area contributed by atoms with Gasteiger partial charge in [-0.1, -0.05) is 11.6 Å². The van der Waals surface area contributed by atoms with Gasteiger partial charge >= 0.3 is 0 Å². The van der Waals surface area contributed by atoms with E-state index in [1.807, 2.05) is 0 Å². The molecule has 2 aromatic rings. The van der Waals surface area contributed by atoms with Crippen molar-refractivity contribution < 1.29 is 9.72 Å². The van der Waals surface area contributed by atoms with Gasteiger partial charge in [-0.2, -0.15) is 0 Å². The average molecular weight is 403 g/mol. The van der Waals surface area contributed by atoms with E-state index in [0.29, 0.717) is 5.56 Å². The maximum absolute atomic E-state index is 12.0. The van der Waals surface area contributed by atoms with Gasteiger partial charge in [-0.3, -0.25) is 14.9 Å². The maximum atomic E-state index is 12.0. The Kier molecular flexibility index (Phi) is 4.56. The number of carbonyl (C=O) groups excluding carboxylic acids is 1. The van der Waals surface area contributed by atoms with E-state index in [1.54, 1.807) is 24.3 Å². The highest BCUT2D eigenvalue weighted by molar-refractivity contribution is 14.1. The molecule has 0 aliphatic rings. The number of hydrogen-bond donors (Lipinski definition) is 1. The minimum Gasteiger partial charge on any atom is -0.316 e. The van der Waals surface area contributed by atoms with Crippen LogP contribution in [-0.4, -0.2) is 10.8 Å². The van der Waals surface area contributed by atoms with Crippen LogP contribution in [0.2, 0.25) is 5.02 Å². The Morgan fingerprint density at radius 2 is 1.85 bits per heavy atom. The summed E-state index contributed by atoms with van der Waals surface area (Å²) >= 11 is 7.84. The average Bonchev–Trinajstić information content (AvgIpc) is 2.41. The molecule has 102 valence electrons. The molecule has 0 atom stereocenters. The maximum Gasteiger partial charge on any atom is 0.294 e. The number of nitro benzene ring substituents is 1. The van der Waals surface area contributed by atoms with Gasteiger partial charge in [0.25, 0.3) is 11.6 Å². The molecule has 0 unspecified atom stereocenters. The van der Waals surface area contributed by atoms with E-state index in [-0.39, 0.29) is 16.4 Å². The van der Waals surface area contributed by atoms with Gasteiger partial charge in [-0.25, -0.2) is 0 Å². The molecular formula is C13H8ClIN2O3. The molecule has 1 amide bonds. The van der Waals surface area contributed by atoms with Gasteiger partial charge in [0.15, 0.2) is 0 Å². The van der Waals surface area contributed by atoms with Gasteiger partial charge < -0.3 is 5.32 Å². The normalized spacial score (nSPS) is 10.1. The molecular weight excluding hydrogens is 395 g/mol. The third-order valence-electron chi connectivity index (χ3n) is 2.51. The topological polar surface area (TPSA) is 72.2 Å². The smallest absolute Gasteiger partial charge is 0.294 e. The quantitative estimate of drug-likeness (QED) is 0.477. The number of carbonyl (C=O) groups is 1. The number of nitro groups is 1. The first kappa shape index (κ1) is 14.7. The Morgan fingerprint density at radius 1 is 1.20 bits per heavy atom. The molecule has 2 aromatic carbocycles. The van der Waals surface area contributed by atoms with E-state index in [2.05, 4.69) is 27.9 Å². The minimum atomic E-state index is -0.588. The molecule has 0 aliphatic heterocycles. The first-order valence-corrected chi connectivity index (χ1v) is 6.94. The Morgan fingerprint density at radius 3 is 2.45 bits per heavy atom. The van der Waals surface area contributed by atoms with Crippen molar-refractivity contribution in [2.75, 3.05) is 5.32 Å². The van der Waals surface area contributed by atoms with Crippen LogP contribution in [0.3, 0.4) is 0 Å². The van der Waals surface area contributed by atoms with Crippen LogP contribution in [0.15, 0.2) is 42.5 Å². The number of anilines is 1. The van der Waals surface area contributed by atoms with E-state index in [1.165, 1.54) is 18.2 Å². The lowest BCUT2D eigenvalue weighted by molar-refractivity contribution is -0.383. The number of rotatable bonds is 3. The summed E-state index contributed by atoms with van der Waals surface area (Å²) in [7, 11) is 0. The molecule has 0 fully saturated rings. The van der Waals surface area contributed by atoms with Gasteiger partial charge in [0.05, 0.1) is 4.92 Å². The Hall–Kier alpha value is -1.67. The summed E-state index contributed by atoms with van der Waals surface area (Å²) in [5.41, 5.74) is 0.300. The van der Waals surface area contributed by atoms with Crippen LogP contribution < -0.4 is 5.32 Å². The molecule has 0 aliphatic carbocycles. The summed E-state index contributed by atoms with van der Waals surface area (Å²) in [5.74, 6) is -0.410. The van der Waals surface area contributed by atoms with E-state index in [4.69, 9.17) is 11.6 Å². The highest BCUT2D eigenvalue weighted by Crippen LogP contribution is 2.28. The summed E-state index contributed by atoms with van der Waals surface area (Å²) < 4.78 is 0.997. The fraction of sp³-hybridized carbons (Fsp3) is 0. The first-order valence-electron chi connectivity index (χ1n) is 5.48. The molecule has 2 rings (SSSR count). The van der Waals surface area contributed by atoms with Crippen molar-refractivity contribution in [2.45, 2.75) is 0 Å². The molecule has 0 spiro atoms. The van der Waals surface area contributed by atoms with Crippen molar-refractivity contribution in [3.05, 3.63) is 66.7 Å². The summed E-state index contributed by atoms with van der Waals surface area (Å²) in [5, 5.41) is 13.7. The molecule has 5 nitrogen and oxygen atoms in total. The zero-order valence-electron chi connectivity index (χ0n) is 9.97. The number of benzene rings is 2. The lowest BCUT2D eigenvalue weighted by Gasteiger charge is -2.06. The van der Waals surface area contributed by atoms with E-state index < -0.39 is 10.8 Å². The summed E-state index contributed by atoms with van der Waals surface area (Å²) in [6.07, 6.45) is 0. The van der Waals surface area contributed by atoms with Crippen LogP contribution in [0.25, 0.3) is 0 Å². The zero-order valence-corrected chi connectivity index (χ0v) is 12.9. The highest BCUT2D eigenvalue weighted by Gasteiger charge is 2.17. The van der Waals surface area contributed by atoms with Crippen molar-refractivity contribution in [3.8, 4) is 0 Å². The Labute approximate surface area is 133 Å². The van der Waals surface area contributed by atoms with Crippen LogP contribution in [0, 0.1) is 13.7 Å². The summed E-state index contributed by atoms with van der Waals surface area (Å²) in [6, 6.07) is 11.0.